The first-order valence-corrected chi connectivity index (χ1v) is 8.38. The van der Waals surface area contributed by atoms with E-state index in [2.05, 4.69) is 12.2 Å². The molecule has 3 aliphatic rings. The highest BCUT2D eigenvalue weighted by Gasteiger charge is 2.43. The molecule has 0 bridgehead atoms. The van der Waals surface area contributed by atoms with Crippen molar-refractivity contribution in [2.75, 3.05) is 6.61 Å². The minimum Gasteiger partial charge on any atom is -0.378 e. The number of ether oxygens (including phenoxy) is 1. The van der Waals surface area contributed by atoms with Crippen molar-refractivity contribution in [1.82, 2.24) is 10.2 Å². The summed E-state index contributed by atoms with van der Waals surface area (Å²) in [4.78, 5) is 26.4. The van der Waals surface area contributed by atoms with Crippen LogP contribution in [0.25, 0.3) is 0 Å². The second-order valence-corrected chi connectivity index (χ2v) is 6.72. The second kappa shape index (κ2) is 6.44. The van der Waals surface area contributed by atoms with Crippen LogP contribution in [0.4, 0.5) is 0 Å². The molecule has 0 aromatic heterocycles. The molecule has 3 atom stereocenters. The quantitative estimate of drug-likeness (QED) is 0.803. The Balaban J connectivity index is 1.60. The Bertz CT molecular complexity index is 406. The number of likely N-dealkylation sites (tertiary alicyclic amines) is 1. The van der Waals surface area contributed by atoms with E-state index in [0.29, 0.717) is 12.5 Å². The van der Waals surface area contributed by atoms with Gasteiger partial charge in [-0.05, 0) is 32.6 Å². The van der Waals surface area contributed by atoms with Gasteiger partial charge in [-0.3, -0.25) is 14.5 Å². The lowest BCUT2D eigenvalue weighted by atomic mass is 9.94. The molecule has 21 heavy (non-hydrogen) atoms. The van der Waals surface area contributed by atoms with Crippen LogP contribution in [-0.2, 0) is 14.3 Å². The van der Waals surface area contributed by atoms with E-state index >= 15 is 0 Å². The zero-order chi connectivity index (χ0) is 14.8. The maximum atomic E-state index is 12.6. The number of imide groups is 1. The lowest BCUT2D eigenvalue weighted by molar-refractivity contribution is -0.142. The van der Waals surface area contributed by atoms with E-state index in [9.17, 15) is 9.59 Å². The Kier molecular flexibility index (Phi) is 4.60. The number of carbonyl (C=O) groups excluding carboxylic acids is 2. The van der Waals surface area contributed by atoms with Gasteiger partial charge in [-0.25, -0.2) is 0 Å². The maximum Gasteiger partial charge on any atom is 0.247 e. The molecule has 2 aliphatic heterocycles. The molecule has 0 spiro atoms. The number of carbonyl (C=O) groups is 2. The van der Waals surface area contributed by atoms with Crippen LogP contribution in [-0.4, -0.2) is 47.6 Å². The Labute approximate surface area is 126 Å². The van der Waals surface area contributed by atoms with Gasteiger partial charge < -0.3 is 10.1 Å². The third kappa shape index (κ3) is 3.29. The fourth-order valence-electron chi connectivity index (χ4n) is 3.94. The molecule has 5 nitrogen and oxygen atoms in total. The molecule has 3 unspecified atom stereocenters. The number of hydrogen-bond acceptors (Lipinski definition) is 4. The van der Waals surface area contributed by atoms with Crippen LogP contribution in [0.5, 0.6) is 0 Å². The molecule has 0 aromatic carbocycles. The molecule has 3 rings (SSSR count). The molecule has 2 amide bonds. The summed E-state index contributed by atoms with van der Waals surface area (Å²) in [5, 5.41) is 3.41. The summed E-state index contributed by atoms with van der Waals surface area (Å²) in [7, 11) is 0. The molecule has 5 heteroatoms. The van der Waals surface area contributed by atoms with Gasteiger partial charge in [0.15, 0.2) is 0 Å². The third-order valence-electron chi connectivity index (χ3n) is 5.04. The van der Waals surface area contributed by atoms with Gasteiger partial charge in [0, 0.05) is 18.7 Å². The van der Waals surface area contributed by atoms with Gasteiger partial charge in [-0.15, -0.1) is 0 Å². The van der Waals surface area contributed by atoms with E-state index in [0.717, 1.165) is 45.1 Å². The van der Waals surface area contributed by atoms with E-state index in [1.54, 1.807) is 4.90 Å². The van der Waals surface area contributed by atoms with Crippen LogP contribution in [0.1, 0.15) is 58.3 Å². The molecular formula is C16H26N2O3. The predicted octanol–water partition coefficient (Wildman–Crippen LogP) is 1.60. The largest absolute Gasteiger partial charge is 0.378 e. The Morgan fingerprint density at radius 2 is 1.90 bits per heavy atom. The fraction of sp³-hybridized carbons (Fsp3) is 0.875. The Morgan fingerprint density at radius 1 is 1.14 bits per heavy atom. The maximum absolute atomic E-state index is 12.6. The van der Waals surface area contributed by atoms with Crippen molar-refractivity contribution in [1.29, 1.82) is 0 Å². The molecule has 1 aliphatic carbocycles. The van der Waals surface area contributed by atoms with Gasteiger partial charge in [0.2, 0.25) is 11.8 Å². The summed E-state index contributed by atoms with van der Waals surface area (Å²) < 4.78 is 5.53. The topological polar surface area (TPSA) is 58.6 Å². The summed E-state index contributed by atoms with van der Waals surface area (Å²) in [5.74, 6) is 0.0237. The molecule has 118 valence electrons. The van der Waals surface area contributed by atoms with Crippen molar-refractivity contribution in [3.63, 3.8) is 0 Å². The smallest absolute Gasteiger partial charge is 0.247 e. The van der Waals surface area contributed by atoms with Gasteiger partial charge in [0.25, 0.3) is 0 Å². The molecule has 3 fully saturated rings. The van der Waals surface area contributed by atoms with Gasteiger partial charge in [0.1, 0.15) is 0 Å². The summed E-state index contributed by atoms with van der Waals surface area (Å²) in [6.07, 6.45) is 7.88. The first kappa shape index (κ1) is 15.0. The average Bonchev–Trinajstić information content (AvgIpc) is 2.74. The van der Waals surface area contributed by atoms with E-state index < -0.39 is 0 Å². The van der Waals surface area contributed by atoms with Crippen molar-refractivity contribution in [3.8, 4) is 0 Å². The normalized spacial score (nSPS) is 35.5. The van der Waals surface area contributed by atoms with Crippen LogP contribution in [0.2, 0.25) is 0 Å². The van der Waals surface area contributed by atoms with Crippen LogP contribution < -0.4 is 5.32 Å². The van der Waals surface area contributed by atoms with Crippen LogP contribution in [0.3, 0.4) is 0 Å². The standard InChI is InChI=1S/C16H26N2O3/c1-11-9-12(7-8-21-11)17-14-10-15(19)18(16(14)20)13-5-3-2-4-6-13/h11-14,17H,2-10H2,1H3. The van der Waals surface area contributed by atoms with Crippen LogP contribution in [0.15, 0.2) is 0 Å². The average molecular weight is 294 g/mol. The highest BCUT2D eigenvalue weighted by molar-refractivity contribution is 6.05. The van der Waals surface area contributed by atoms with Gasteiger partial charge in [0.05, 0.1) is 18.6 Å². The van der Waals surface area contributed by atoms with Crippen molar-refractivity contribution in [2.45, 2.75) is 82.5 Å². The van der Waals surface area contributed by atoms with Crippen molar-refractivity contribution >= 4 is 11.8 Å². The molecular weight excluding hydrogens is 268 g/mol. The minimum atomic E-state index is -0.310. The number of amides is 2. The number of nitrogens with zero attached hydrogens (tertiary/aromatic N) is 1. The summed E-state index contributed by atoms with van der Waals surface area (Å²) in [6.45, 7) is 2.80. The second-order valence-electron chi connectivity index (χ2n) is 6.72. The van der Waals surface area contributed by atoms with Crippen LogP contribution in [0, 0.1) is 0 Å². The monoisotopic (exact) mass is 294 g/mol. The summed E-state index contributed by atoms with van der Waals surface area (Å²) in [6, 6.07) is 0.135. The molecule has 1 N–H and O–H groups in total. The zero-order valence-corrected chi connectivity index (χ0v) is 12.8. The van der Waals surface area contributed by atoms with E-state index in [4.69, 9.17) is 4.74 Å². The molecule has 1 saturated carbocycles. The highest BCUT2D eigenvalue weighted by atomic mass is 16.5. The lowest BCUT2D eigenvalue weighted by Gasteiger charge is -2.31. The van der Waals surface area contributed by atoms with Crippen molar-refractivity contribution in [3.05, 3.63) is 0 Å². The molecule has 2 saturated heterocycles. The van der Waals surface area contributed by atoms with Gasteiger partial charge >= 0.3 is 0 Å². The number of rotatable bonds is 3. The van der Waals surface area contributed by atoms with Crippen molar-refractivity contribution < 1.29 is 14.3 Å². The highest BCUT2D eigenvalue weighted by Crippen LogP contribution is 2.28. The molecule has 0 aromatic rings. The summed E-state index contributed by atoms with van der Waals surface area (Å²) in [5.41, 5.74) is 0. The number of nitrogens with one attached hydrogen (secondary N) is 1. The van der Waals surface area contributed by atoms with Crippen molar-refractivity contribution in [2.24, 2.45) is 0 Å². The SMILES string of the molecule is CC1CC(NC2CC(=O)N(C3CCCCC3)C2=O)CCO1. The minimum absolute atomic E-state index is 0.00560. The zero-order valence-electron chi connectivity index (χ0n) is 12.8. The first-order chi connectivity index (χ1) is 10.1. The first-order valence-electron chi connectivity index (χ1n) is 8.38. The van der Waals surface area contributed by atoms with Crippen LogP contribution >= 0.6 is 0 Å². The third-order valence-corrected chi connectivity index (χ3v) is 5.04. The molecule has 0 radical (unpaired) electrons. The lowest BCUT2D eigenvalue weighted by Crippen LogP contribution is -2.49. The van der Waals surface area contributed by atoms with Gasteiger partial charge in [-0.2, -0.15) is 0 Å². The Morgan fingerprint density at radius 3 is 2.62 bits per heavy atom. The summed E-state index contributed by atoms with van der Waals surface area (Å²) >= 11 is 0. The molecule has 2 heterocycles. The van der Waals surface area contributed by atoms with E-state index in [-0.39, 0.29) is 30.0 Å². The predicted molar refractivity (Wildman–Crippen MR) is 78.7 cm³/mol. The Hall–Kier alpha value is -0.940. The number of hydrogen-bond donors (Lipinski definition) is 1. The van der Waals surface area contributed by atoms with E-state index in [1.807, 2.05) is 0 Å². The van der Waals surface area contributed by atoms with E-state index in [1.165, 1.54) is 6.42 Å². The fourth-order valence-corrected chi connectivity index (χ4v) is 3.94. The van der Waals surface area contributed by atoms with Gasteiger partial charge in [-0.1, -0.05) is 19.3 Å².